The Balaban J connectivity index is 2.51. The van der Waals surface area contributed by atoms with Gasteiger partial charge < -0.3 is 5.73 Å². The Hall–Kier alpha value is -2.31. The van der Waals surface area contributed by atoms with Crippen molar-refractivity contribution in [2.75, 3.05) is 0 Å². The van der Waals surface area contributed by atoms with Crippen molar-refractivity contribution in [1.82, 2.24) is 14.8 Å². The van der Waals surface area contributed by atoms with Gasteiger partial charge >= 0.3 is 6.55 Å². The maximum Gasteiger partial charge on any atom is 0.333 e. The molecule has 0 aliphatic rings. The number of amidine groups is 1. The van der Waals surface area contributed by atoms with Crippen LogP contribution in [0.25, 0.3) is 11.3 Å². The highest BCUT2D eigenvalue weighted by molar-refractivity contribution is 5.94. The molecule has 3 N–H and O–H groups in total. The van der Waals surface area contributed by atoms with Gasteiger partial charge in [0.15, 0.2) is 0 Å². The predicted molar refractivity (Wildman–Crippen MR) is 57.7 cm³/mol. The molecule has 88 valence electrons. The van der Waals surface area contributed by atoms with Crippen LogP contribution in [0.2, 0.25) is 0 Å². The first-order valence-corrected chi connectivity index (χ1v) is 4.72. The number of hydrogen-bond donors (Lipinski definition) is 2. The summed E-state index contributed by atoms with van der Waals surface area (Å²) in [6.07, 6.45) is 3.07. The highest BCUT2D eigenvalue weighted by Gasteiger charge is 2.17. The zero-order valence-electron chi connectivity index (χ0n) is 8.64. The summed E-state index contributed by atoms with van der Waals surface area (Å²) in [6, 6.07) is 4.70. The summed E-state index contributed by atoms with van der Waals surface area (Å²) >= 11 is 0. The van der Waals surface area contributed by atoms with Gasteiger partial charge in [0.05, 0.1) is 5.69 Å². The number of hydrogen-bond acceptors (Lipinski definition) is 3. The standard InChI is InChI=1S/C10H9F2N5/c11-10(12)17-8(9(13)14)4-7(16-17)6-2-1-3-15-5-6/h1-5,10H,(H3,13,14). The number of alkyl halides is 2. The Morgan fingerprint density at radius 1 is 1.47 bits per heavy atom. The second kappa shape index (κ2) is 4.28. The topological polar surface area (TPSA) is 80.6 Å². The van der Waals surface area contributed by atoms with Crippen LogP contribution in [0, 0.1) is 5.41 Å². The molecule has 0 atom stereocenters. The third kappa shape index (κ3) is 2.12. The Morgan fingerprint density at radius 3 is 2.71 bits per heavy atom. The molecule has 0 aliphatic carbocycles. The van der Waals surface area contributed by atoms with E-state index < -0.39 is 12.4 Å². The second-order valence-corrected chi connectivity index (χ2v) is 3.29. The van der Waals surface area contributed by atoms with Crippen molar-refractivity contribution in [3.63, 3.8) is 0 Å². The van der Waals surface area contributed by atoms with E-state index in [0.29, 0.717) is 15.9 Å². The van der Waals surface area contributed by atoms with E-state index in [9.17, 15) is 8.78 Å². The van der Waals surface area contributed by atoms with Gasteiger partial charge in [-0.3, -0.25) is 10.4 Å². The summed E-state index contributed by atoms with van der Waals surface area (Å²) in [5, 5.41) is 10.9. The van der Waals surface area contributed by atoms with Crippen molar-refractivity contribution in [3.05, 3.63) is 36.3 Å². The molecule has 2 aromatic rings. The quantitative estimate of drug-likeness (QED) is 0.628. The van der Waals surface area contributed by atoms with Crippen molar-refractivity contribution in [1.29, 1.82) is 5.41 Å². The molecule has 0 spiro atoms. The molecule has 5 nitrogen and oxygen atoms in total. The summed E-state index contributed by atoms with van der Waals surface area (Å²) < 4.78 is 25.7. The van der Waals surface area contributed by atoms with E-state index >= 15 is 0 Å². The Kier molecular flexibility index (Phi) is 2.82. The van der Waals surface area contributed by atoms with Gasteiger partial charge in [-0.1, -0.05) is 0 Å². The molecular formula is C10H9F2N5. The second-order valence-electron chi connectivity index (χ2n) is 3.29. The fourth-order valence-electron chi connectivity index (χ4n) is 1.40. The molecule has 0 unspecified atom stereocenters. The first-order valence-electron chi connectivity index (χ1n) is 4.72. The summed E-state index contributed by atoms with van der Waals surface area (Å²) in [4.78, 5) is 3.87. The van der Waals surface area contributed by atoms with E-state index in [1.54, 1.807) is 18.3 Å². The van der Waals surface area contributed by atoms with E-state index in [2.05, 4.69) is 10.1 Å². The van der Waals surface area contributed by atoms with Gasteiger partial charge in [0.2, 0.25) is 0 Å². The molecule has 0 fully saturated rings. The first-order chi connectivity index (χ1) is 8.09. The lowest BCUT2D eigenvalue weighted by atomic mass is 10.2. The number of aromatic nitrogens is 3. The van der Waals surface area contributed by atoms with Gasteiger partial charge in [0.1, 0.15) is 11.5 Å². The SMILES string of the molecule is N=C(N)c1cc(-c2cccnc2)nn1C(F)F. The number of rotatable bonds is 3. The number of pyridine rings is 1. The maximum atomic E-state index is 12.6. The zero-order valence-corrected chi connectivity index (χ0v) is 8.64. The molecule has 2 heterocycles. The van der Waals surface area contributed by atoms with Gasteiger partial charge in [-0.15, -0.1) is 0 Å². The van der Waals surface area contributed by atoms with Gasteiger partial charge in [-0.25, -0.2) is 0 Å². The van der Waals surface area contributed by atoms with E-state index in [1.807, 2.05) is 0 Å². The largest absolute Gasteiger partial charge is 0.382 e. The fourth-order valence-corrected chi connectivity index (χ4v) is 1.40. The average molecular weight is 237 g/mol. The lowest BCUT2D eigenvalue weighted by molar-refractivity contribution is 0.0562. The minimum absolute atomic E-state index is 0.112. The Bertz CT molecular complexity index is 535. The molecule has 0 radical (unpaired) electrons. The van der Waals surface area contributed by atoms with Crippen LogP contribution in [0.15, 0.2) is 30.6 Å². The summed E-state index contributed by atoms with van der Waals surface area (Å²) in [7, 11) is 0. The highest BCUT2D eigenvalue weighted by Crippen LogP contribution is 2.21. The zero-order chi connectivity index (χ0) is 12.4. The van der Waals surface area contributed by atoms with Gasteiger partial charge in [-0.05, 0) is 18.2 Å². The number of nitrogens with zero attached hydrogens (tertiary/aromatic N) is 3. The first kappa shape index (κ1) is 11.2. The fraction of sp³-hybridized carbons (Fsp3) is 0.100. The molecular weight excluding hydrogens is 228 g/mol. The summed E-state index contributed by atoms with van der Waals surface area (Å²) in [5.74, 6) is -0.451. The molecule has 0 saturated heterocycles. The molecule has 0 amide bonds. The van der Waals surface area contributed by atoms with Crippen molar-refractivity contribution in [2.24, 2.45) is 5.73 Å². The van der Waals surface area contributed by atoms with Crippen LogP contribution < -0.4 is 5.73 Å². The summed E-state index contributed by atoms with van der Waals surface area (Å²) in [6.45, 7) is -2.83. The van der Waals surface area contributed by atoms with Crippen LogP contribution in [0.5, 0.6) is 0 Å². The molecule has 2 aromatic heterocycles. The summed E-state index contributed by atoms with van der Waals surface area (Å²) in [5.41, 5.74) is 6.01. The van der Waals surface area contributed by atoms with Crippen LogP contribution >= 0.6 is 0 Å². The normalized spacial score (nSPS) is 10.8. The third-order valence-corrected chi connectivity index (χ3v) is 2.15. The van der Waals surface area contributed by atoms with Crippen molar-refractivity contribution in [3.8, 4) is 11.3 Å². The number of nitrogens with one attached hydrogen (secondary N) is 1. The lowest BCUT2D eigenvalue weighted by Gasteiger charge is -2.02. The van der Waals surface area contributed by atoms with Gasteiger partial charge in [-0.2, -0.15) is 18.6 Å². The third-order valence-electron chi connectivity index (χ3n) is 2.15. The Morgan fingerprint density at radius 2 is 2.24 bits per heavy atom. The van der Waals surface area contributed by atoms with Crippen LogP contribution in [0.1, 0.15) is 12.2 Å². The minimum Gasteiger partial charge on any atom is -0.382 e. The molecule has 2 rings (SSSR count). The van der Waals surface area contributed by atoms with Gasteiger partial charge in [0.25, 0.3) is 0 Å². The molecule has 0 aliphatic heterocycles. The predicted octanol–water partition coefficient (Wildman–Crippen LogP) is 1.62. The molecule has 0 saturated carbocycles. The molecule has 0 bridgehead atoms. The number of nitrogens with two attached hydrogens (primary N) is 1. The van der Waals surface area contributed by atoms with Crippen molar-refractivity contribution >= 4 is 5.84 Å². The molecule has 7 heteroatoms. The van der Waals surface area contributed by atoms with Crippen LogP contribution in [0.3, 0.4) is 0 Å². The Labute approximate surface area is 95.4 Å². The van der Waals surface area contributed by atoms with E-state index in [-0.39, 0.29) is 5.69 Å². The monoisotopic (exact) mass is 237 g/mol. The molecule has 0 aromatic carbocycles. The molecule has 17 heavy (non-hydrogen) atoms. The minimum atomic E-state index is -2.83. The van der Waals surface area contributed by atoms with Crippen molar-refractivity contribution < 1.29 is 8.78 Å². The van der Waals surface area contributed by atoms with E-state index in [4.69, 9.17) is 11.1 Å². The van der Waals surface area contributed by atoms with E-state index in [1.165, 1.54) is 12.3 Å². The highest BCUT2D eigenvalue weighted by atomic mass is 19.3. The maximum absolute atomic E-state index is 12.6. The van der Waals surface area contributed by atoms with Crippen LogP contribution in [0.4, 0.5) is 8.78 Å². The van der Waals surface area contributed by atoms with E-state index in [0.717, 1.165) is 0 Å². The average Bonchev–Trinajstić information content (AvgIpc) is 2.75. The van der Waals surface area contributed by atoms with Crippen LogP contribution in [-0.2, 0) is 0 Å². The lowest BCUT2D eigenvalue weighted by Crippen LogP contribution is -2.18. The number of nitrogen functional groups attached to an aromatic ring is 1. The number of halogens is 2. The van der Waals surface area contributed by atoms with Crippen molar-refractivity contribution in [2.45, 2.75) is 6.55 Å². The smallest absolute Gasteiger partial charge is 0.333 e. The van der Waals surface area contributed by atoms with Gasteiger partial charge in [0, 0.05) is 18.0 Å². The van der Waals surface area contributed by atoms with Crippen LogP contribution in [-0.4, -0.2) is 20.6 Å².